The molecule has 0 aliphatic heterocycles. The first-order chi connectivity index (χ1) is 12.7. The standard InChI is InChI=1S/C20H24N2O4S/c1-5-15-12(3)27-19(18(15)20(25)26)22-17(24)10-16(21-13(4)23)14-8-6-11(2)7-9-14/h6-9,16H,5,10H2,1-4H3,(H,21,23)(H,22,24)(H,25,26). The van der Waals surface area contributed by atoms with E-state index >= 15 is 0 Å². The predicted molar refractivity (Wildman–Crippen MR) is 106 cm³/mol. The number of thiophene rings is 1. The van der Waals surface area contributed by atoms with Gasteiger partial charge in [0.2, 0.25) is 11.8 Å². The maximum absolute atomic E-state index is 12.6. The van der Waals surface area contributed by atoms with E-state index in [9.17, 15) is 19.5 Å². The van der Waals surface area contributed by atoms with Crippen LogP contribution in [0.5, 0.6) is 0 Å². The predicted octanol–water partition coefficient (Wildman–Crippen LogP) is 3.83. The third kappa shape index (κ3) is 5.17. The van der Waals surface area contributed by atoms with Gasteiger partial charge >= 0.3 is 5.97 Å². The molecule has 3 N–H and O–H groups in total. The zero-order valence-corrected chi connectivity index (χ0v) is 16.7. The number of carbonyl (C=O) groups excluding carboxylic acids is 2. The molecule has 0 fully saturated rings. The monoisotopic (exact) mass is 388 g/mol. The number of carbonyl (C=O) groups is 3. The Hall–Kier alpha value is -2.67. The van der Waals surface area contributed by atoms with Crippen molar-refractivity contribution in [2.75, 3.05) is 5.32 Å². The molecule has 6 nitrogen and oxygen atoms in total. The molecular weight excluding hydrogens is 364 g/mol. The number of carboxylic acid groups (broad SMARTS) is 1. The van der Waals surface area contributed by atoms with Crippen molar-refractivity contribution in [2.45, 2.75) is 46.6 Å². The lowest BCUT2D eigenvalue weighted by Gasteiger charge is -2.18. The lowest BCUT2D eigenvalue weighted by atomic mass is 10.0. The Kier molecular flexibility index (Phi) is 6.74. The molecule has 0 spiro atoms. The molecule has 1 atom stereocenters. The van der Waals surface area contributed by atoms with Gasteiger partial charge in [-0.05, 0) is 31.4 Å². The summed E-state index contributed by atoms with van der Waals surface area (Å²) in [7, 11) is 0. The van der Waals surface area contributed by atoms with Gasteiger partial charge in [0.25, 0.3) is 0 Å². The van der Waals surface area contributed by atoms with E-state index in [0.29, 0.717) is 11.4 Å². The lowest BCUT2D eigenvalue weighted by molar-refractivity contribution is -0.120. The van der Waals surface area contributed by atoms with Crippen LogP contribution in [0.4, 0.5) is 5.00 Å². The lowest BCUT2D eigenvalue weighted by Crippen LogP contribution is -2.29. The summed E-state index contributed by atoms with van der Waals surface area (Å²) in [6.45, 7) is 7.09. The Morgan fingerprint density at radius 3 is 2.30 bits per heavy atom. The van der Waals surface area contributed by atoms with Crippen LogP contribution in [0.3, 0.4) is 0 Å². The SMILES string of the molecule is CCc1c(C)sc(NC(=O)CC(NC(C)=O)c2ccc(C)cc2)c1C(=O)O. The number of hydrogen-bond donors (Lipinski definition) is 3. The fourth-order valence-corrected chi connectivity index (χ4v) is 4.13. The number of aromatic carboxylic acids is 1. The minimum atomic E-state index is -1.05. The van der Waals surface area contributed by atoms with Gasteiger partial charge in [0.1, 0.15) is 5.00 Å². The van der Waals surface area contributed by atoms with Crippen LogP contribution in [0, 0.1) is 13.8 Å². The van der Waals surface area contributed by atoms with Crippen LogP contribution in [0.25, 0.3) is 0 Å². The number of amides is 2. The molecule has 144 valence electrons. The smallest absolute Gasteiger partial charge is 0.339 e. The fourth-order valence-electron chi connectivity index (χ4n) is 2.98. The van der Waals surface area contributed by atoms with Crippen LogP contribution in [0.15, 0.2) is 24.3 Å². The number of nitrogens with one attached hydrogen (secondary N) is 2. The summed E-state index contributed by atoms with van der Waals surface area (Å²) < 4.78 is 0. The first-order valence-corrected chi connectivity index (χ1v) is 9.53. The summed E-state index contributed by atoms with van der Waals surface area (Å²) in [5.74, 6) is -1.64. The van der Waals surface area contributed by atoms with Gasteiger partial charge < -0.3 is 15.7 Å². The Morgan fingerprint density at radius 1 is 1.15 bits per heavy atom. The van der Waals surface area contributed by atoms with E-state index in [0.717, 1.165) is 21.6 Å². The molecule has 2 aromatic rings. The molecule has 1 heterocycles. The third-order valence-electron chi connectivity index (χ3n) is 4.28. The van der Waals surface area contributed by atoms with Crippen molar-refractivity contribution in [3.8, 4) is 0 Å². The molecule has 1 aromatic heterocycles. The number of carboxylic acids is 1. The summed E-state index contributed by atoms with van der Waals surface area (Å²) in [5.41, 5.74) is 2.79. The van der Waals surface area contributed by atoms with Crippen molar-refractivity contribution in [3.05, 3.63) is 51.4 Å². The number of rotatable bonds is 7. The van der Waals surface area contributed by atoms with E-state index in [1.54, 1.807) is 0 Å². The van der Waals surface area contributed by atoms with Crippen LogP contribution in [-0.2, 0) is 16.0 Å². The Bertz CT molecular complexity index is 856. The Morgan fingerprint density at radius 2 is 1.78 bits per heavy atom. The van der Waals surface area contributed by atoms with Gasteiger partial charge in [-0.15, -0.1) is 11.3 Å². The minimum Gasteiger partial charge on any atom is -0.478 e. The number of benzene rings is 1. The zero-order valence-electron chi connectivity index (χ0n) is 15.9. The second-order valence-electron chi connectivity index (χ2n) is 6.42. The van der Waals surface area contributed by atoms with E-state index in [1.807, 2.05) is 45.0 Å². The fraction of sp³-hybridized carbons (Fsp3) is 0.350. The molecule has 0 bridgehead atoms. The second-order valence-corrected chi connectivity index (χ2v) is 7.64. The van der Waals surface area contributed by atoms with Crippen LogP contribution in [0.2, 0.25) is 0 Å². The molecule has 0 saturated carbocycles. The minimum absolute atomic E-state index is 0.0140. The second kappa shape index (κ2) is 8.81. The van der Waals surface area contributed by atoms with Crippen molar-refractivity contribution in [1.29, 1.82) is 0 Å². The van der Waals surface area contributed by atoms with E-state index < -0.39 is 12.0 Å². The van der Waals surface area contributed by atoms with Crippen LogP contribution < -0.4 is 10.6 Å². The normalized spacial score (nSPS) is 11.7. The van der Waals surface area contributed by atoms with Crippen molar-refractivity contribution in [3.63, 3.8) is 0 Å². The molecule has 2 rings (SSSR count). The van der Waals surface area contributed by atoms with Gasteiger partial charge in [0, 0.05) is 11.8 Å². The first kappa shape index (κ1) is 20.6. The molecule has 2 amide bonds. The van der Waals surface area contributed by atoms with Crippen molar-refractivity contribution < 1.29 is 19.5 Å². The van der Waals surface area contributed by atoms with Gasteiger partial charge in [-0.25, -0.2) is 4.79 Å². The van der Waals surface area contributed by atoms with E-state index in [2.05, 4.69) is 10.6 Å². The highest BCUT2D eigenvalue weighted by Crippen LogP contribution is 2.33. The maximum atomic E-state index is 12.6. The zero-order chi connectivity index (χ0) is 20.1. The maximum Gasteiger partial charge on any atom is 0.339 e. The molecule has 0 saturated heterocycles. The summed E-state index contributed by atoms with van der Waals surface area (Å²) in [6, 6.07) is 7.09. The van der Waals surface area contributed by atoms with Crippen molar-refractivity contribution in [1.82, 2.24) is 5.32 Å². The largest absolute Gasteiger partial charge is 0.478 e. The summed E-state index contributed by atoms with van der Waals surface area (Å²) in [4.78, 5) is 36.6. The van der Waals surface area contributed by atoms with Gasteiger partial charge in [0.15, 0.2) is 0 Å². The first-order valence-electron chi connectivity index (χ1n) is 8.72. The van der Waals surface area contributed by atoms with Gasteiger partial charge in [0.05, 0.1) is 18.0 Å². The molecule has 27 heavy (non-hydrogen) atoms. The molecule has 7 heteroatoms. The van der Waals surface area contributed by atoms with Gasteiger partial charge in [-0.1, -0.05) is 36.8 Å². The van der Waals surface area contributed by atoms with Crippen molar-refractivity contribution >= 4 is 34.1 Å². The van der Waals surface area contributed by atoms with E-state index in [-0.39, 0.29) is 23.8 Å². The molecule has 1 aromatic carbocycles. The van der Waals surface area contributed by atoms with Crippen LogP contribution in [0.1, 0.15) is 58.2 Å². The number of aryl methyl sites for hydroxylation is 2. The highest BCUT2D eigenvalue weighted by molar-refractivity contribution is 7.16. The topological polar surface area (TPSA) is 95.5 Å². The summed E-state index contributed by atoms with van der Waals surface area (Å²) in [5, 5.41) is 15.4. The average Bonchev–Trinajstić information content (AvgIpc) is 2.89. The number of hydrogen-bond acceptors (Lipinski definition) is 4. The van der Waals surface area contributed by atoms with Gasteiger partial charge in [-0.3, -0.25) is 9.59 Å². The molecule has 0 aliphatic rings. The van der Waals surface area contributed by atoms with Crippen LogP contribution in [-0.4, -0.2) is 22.9 Å². The Labute approximate surface area is 162 Å². The highest BCUT2D eigenvalue weighted by atomic mass is 32.1. The van der Waals surface area contributed by atoms with Crippen molar-refractivity contribution in [2.24, 2.45) is 0 Å². The van der Waals surface area contributed by atoms with Crippen LogP contribution >= 0.6 is 11.3 Å². The summed E-state index contributed by atoms with van der Waals surface area (Å²) >= 11 is 1.26. The van der Waals surface area contributed by atoms with Gasteiger partial charge in [-0.2, -0.15) is 0 Å². The Balaban J connectivity index is 2.22. The number of anilines is 1. The average molecular weight is 388 g/mol. The van der Waals surface area contributed by atoms with E-state index in [1.165, 1.54) is 18.3 Å². The third-order valence-corrected chi connectivity index (χ3v) is 5.34. The molecule has 0 radical (unpaired) electrons. The highest BCUT2D eigenvalue weighted by Gasteiger charge is 2.23. The molecule has 0 aliphatic carbocycles. The molecule has 1 unspecified atom stereocenters. The molecular formula is C20H24N2O4S. The quantitative estimate of drug-likeness (QED) is 0.672. The van der Waals surface area contributed by atoms with E-state index in [4.69, 9.17) is 0 Å². The summed E-state index contributed by atoms with van der Waals surface area (Å²) in [6.07, 6.45) is 0.595.